The van der Waals surface area contributed by atoms with Crippen molar-refractivity contribution in [3.05, 3.63) is 53.7 Å². The summed E-state index contributed by atoms with van der Waals surface area (Å²) in [6.07, 6.45) is 6.49. The van der Waals surface area contributed by atoms with Crippen molar-refractivity contribution in [1.82, 2.24) is 15.6 Å². The van der Waals surface area contributed by atoms with Crippen LogP contribution in [0.2, 0.25) is 0 Å². The van der Waals surface area contributed by atoms with Gasteiger partial charge in [0, 0.05) is 19.0 Å². The van der Waals surface area contributed by atoms with Crippen LogP contribution in [0.1, 0.15) is 57.2 Å². The second-order valence-corrected chi connectivity index (χ2v) is 7.52. The van der Waals surface area contributed by atoms with Gasteiger partial charge in [-0.05, 0) is 24.8 Å². The summed E-state index contributed by atoms with van der Waals surface area (Å²) in [7, 11) is 1.78. The Morgan fingerprint density at radius 2 is 1.81 bits per heavy atom. The summed E-state index contributed by atoms with van der Waals surface area (Å²) in [6, 6.07) is 10.7. The van der Waals surface area contributed by atoms with Crippen molar-refractivity contribution in [3.8, 4) is 0 Å². The quantitative estimate of drug-likeness (QED) is 0.248. The molecule has 6 heteroatoms. The lowest BCUT2D eigenvalue weighted by molar-refractivity contribution is 0.379. The summed E-state index contributed by atoms with van der Waals surface area (Å²) >= 11 is 0. The zero-order chi connectivity index (χ0) is 18.8. The molecule has 0 radical (unpaired) electrons. The van der Waals surface area contributed by atoms with Crippen LogP contribution >= 0.6 is 24.0 Å². The lowest BCUT2D eigenvalue weighted by Crippen LogP contribution is -2.37. The number of guanidine groups is 1. The van der Waals surface area contributed by atoms with Crippen LogP contribution in [-0.4, -0.2) is 24.5 Å². The summed E-state index contributed by atoms with van der Waals surface area (Å²) in [6.45, 7) is 7.78. The van der Waals surface area contributed by atoms with E-state index in [0.717, 1.165) is 31.1 Å². The second-order valence-electron chi connectivity index (χ2n) is 7.52. The smallest absolute Gasteiger partial charge is 0.213 e. The van der Waals surface area contributed by atoms with Gasteiger partial charge in [-0.3, -0.25) is 4.99 Å². The van der Waals surface area contributed by atoms with Crippen molar-refractivity contribution in [3.63, 3.8) is 0 Å². The number of rotatable bonds is 8. The topological polar surface area (TPSA) is 62.5 Å². The first-order chi connectivity index (χ1) is 12.5. The van der Waals surface area contributed by atoms with Gasteiger partial charge in [0.15, 0.2) is 5.96 Å². The number of halogens is 1. The largest absolute Gasteiger partial charge is 0.443 e. The van der Waals surface area contributed by atoms with Crippen molar-refractivity contribution in [1.29, 1.82) is 0 Å². The highest BCUT2D eigenvalue weighted by molar-refractivity contribution is 14.0. The maximum Gasteiger partial charge on any atom is 0.213 e. The van der Waals surface area contributed by atoms with Crippen molar-refractivity contribution >= 4 is 29.9 Å². The van der Waals surface area contributed by atoms with Crippen LogP contribution < -0.4 is 10.6 Å². The standard InChI is InChI=1S/C21H32N4O.HI/c1-21(2,3)18-15-24-19(26-18)16-25-20(22-4)23-14-10-6-9-13-17-11-7-5-8-12-17;/h5,7-8,11-12,15H,6,9-10,13-14,16H2,1-4H3,(H2,22,23,25);1H. The minimum absolute atomic E-state index is 0. The fourth-order valence-corrected chi connectivity index (χ4v) is 2.60. The number of aliphatic imine (C=N–C) groups is 1. The highest BCUT2D eigenvalue weighted by Gasteiger charge is 2.19. The number of aromatic nitrogens is 1. The first-order valence-electron chi connectivity index (χ1n) is 9.42. The highest BCUT2D eigenvalue weighted by atomic mass is 127. The first kappa shape index (κ1) is 23.5. The molecular formula is C21H33IN4O. The van der Waals surface area contributed by atoms with Crippen LogP contribution in [0.5, 0.6) is 0 Å². The second kappa shape index (κ2) is 12.0. The molecule has 2 aromatic rings. The van der Waals surface area contributed by atoms with Gasteiger partial charge in [-0.1, -0.05) is 57.5 Å². The Balaban J connectivity index is 0.00000364. The average Bonchev–Trinajstić information content (AvgIpc) is 3.11. The molecule has 0 spiro atoms. The molecule has 1 heterocycles. The minimum Gasteiger partial charge on any atom is -0.443 e. The summed E-state index contributed by atoms with van der Waals surface area (Å²) in [5, 5.41) is 6.59. The van der Waals surface area contributed by atoms with E-state index in [4.69, 9.17) is 4.42 Å². The van der Waals surface area contributed by atoms with E-state index in [9.17, 15) is 0 Å². The first-order valence-corrected chi connectivity index (χ1v) is 9.42. The van der Waals surface area contributed by atoms with Crippen molar-refractivity contribution < 1.29 is 4.42 Å². The van der Waals surface area contributed by atoms with E-state index in [1.807, 2.05) is 0 Å². The van der Waals surface area contributed by atoms with Gasteiger partial charge < -0.3 is 15.1 Å². The van der Waals surface area contributed by atoms with E-state index in [0.29, 0.717) is 12.4 Å². The Hall–Kier alpha value is -1.57. The fraction of sp³-hybridized carbons (Fsp3) is 0.524. The molecule has 0 fully saturated rings. The van der Waals surface area contributed by atoms with Gasteiger partial charge >= 0.3 is 0 Å². The van der Waals surface area contributed by atoms with Gasteiger partial charge in [-0.25, -0.2) is 4.98 Å². The summed E-state index contributed by atoms with van der Waals surface area (Å²) in [5.41, 5.74) is 1.39. The number of nitrogens with one attached hydrogen (secondary N) is 2. The predicted molar refractivity (Wildman–Crippen MR) is 123 cm³/mol. The van der Waals surface area contributed by atoms with Crippen LogP contribution in [0.25, 0.3) is 0 Å². The van der Waals surface area contributed by atoms with Gasteiger partial charge in [0.1, 0.15) is 5.76 Å². The van der Waals surface area contributed by atoms with Gasteiger partial charge in [0.2, 0.25) is 5.89 Å². The summed E-state index contributed by atoms with van der Waals surface area (Å²) in [4.78, 5) is 8.58. The van der Waals surface area contributed by atoms with Crippen LogP contribution in [0.4, 0.5) is 0 Å². The minimum atomic E-state index is -0.0229. The molecule has 0 atom stereocenters. The molecule has 0 bridgehead atoms. The highest BCUT2D eigenvalue weighted by Crippen LogP contribution is 2.22. The van der Waals surface area contributed by atoms with Crippen LogP contribution in [0, 0.1) is 0 Å². The third-order valence-corrected chi connectivity index (χ3v) is 4.20. The third-order valence-electron chi connectivity index (χ3n) is 4.20. The van der Waals surface area contributed by atoms with Crippen LogP contribution in [0.15, 0.2) is 45.9 Å². The van der Waals surface area contributed by atoms with Gasteiger partial charge in [-0.15, -0.1) is 24.0 Å². The monoisotopic (exact) mass is 484 g/mol. The van der Waals surface area contributed by atoms with Crippen LogP contribution in [0.3, 0.4) is 0 Å². The van der Waals surface area contributed by atoms with Crippen molar-refractivity contribution in [2.75, 3.05) is 13.6 Å². The summed E-state index contributed by atoms with van der Waals surface area (Å²) in [5.74, 6) is 2.36. The predicted octanol–water partition coefficient (Wildman–Crippen LogP) is 4.67. The zero-order valence-corrected chi connectivity index (χ0v) is 19.2. The molecule has 0 unspecified atom stereocenters. The van der Waals surface area contributed by atoms with E-state index >= 15 is 0 Å². The Bertz CT molecular complexity index is 677. The number of aryl methyl sites for hydroxylation is 1. The molecule has 0 aliphatic rings. The van der Waals surface area contributed by atoms with Gasteiger partial charge in [-0.2, -0.15) is 0 Å². The van der Waals surface area contributed by atoms with Crippen molar-refractivity contribution in [2.45, 2.75) is 58.4 Å². The molecule has 1 aromatic carbocycles. The molecule has 0 aliphatic heterocycles. The number of nitrogens with zero attached hydrogens (tertiary/aromatic N) is 2. The van der Waals surface area contributed by atoms with Gasteiger partial charge in [0.25, 0.3) is 0 Å². The molecule has 27 heavy (non-hydrogen) atoms. The maximum atomic E-state index is 5.79. The lowest BCUT2D eigenvalue weighted by Gasteiger charge is -2.13. The SMILES string of the molecule is CN=C(NCCCCCc1ccccc1)NCc1ncc(C(C)(C)C)o1.I. The van der Waals surface area contributed by atoms with E-state index < -0.39 is 0 Å². The fourth-order valence-electron chi connectivity index (χ4n) is 2.60. The number of hydrogen-bond donors (Lipinski definition) is 2. The molecule has 1 aromatic heterocycles. The molecule has 0 aliphatic carbocycles. The van der Waals surface area contributed by atoms with E-state index in [1.165, 1.54) is 18.4 Å². The number of benzene rings is 1. The number of hydrogen-bond acceptors (Lipinski definition) is 3. The van der Waals surface area contributed by atoms with E-state index in [-0.39, 0.29) is 29.4 Å². The van der Waals surface area contributed by atoms with Crippen LogP contribution in [-0.2, 0) is 18.4 Å². The number of unbranched alkanes of at least 4 members (excludes halogenated alkanes) is 2. The van der Waals surface area contributed by atoms with E-state index in [2.05, 4.69) is 71.7 Å². The third kappa shape index (κ3) is 8.77. The molecule has 150 valence electrons. The Morgan fingerprint density at radius 3 is 2.44 bits per heavy atom. The Kier molecular flexibility index (Phi) is 10.4. The molecule has 5 nitrogen and oxygen atoms in total. The normalized spacial score (nSPS) is 11.8. The number of oxazole rings is 1. The molecule has 0 amide bonds. The van der Waals surface area contributed by atoms with E-state index in [1.54, 1.807) is 13.2 Å². The Labute approximate surface area is 180 Å². The molecule has 0 saturated heterocycles. The zero-order valence-electron chi connectivity index (χ0n) is 16.9. The molecule has 2 rings (SSSR count). The van der Waals surface area contributed by atoms with Crippen molar-refractivity contribution in [2.24, 2.45) is 4.99 Å². The Morgan fingerprint density at radius 1 is 1.07 bits per heavy atom. The average molecular weight is 484 g/mol. The molecule has 0 saturated carbocycles. The van der Waals surface area contributed by atoms with Gasteiger partial charge in [0.05, 0.1) is 12.7 Å². The summed E-state index contributed by atoms with van der Waals surface area (Å²) < 4.78 is 5.79. The maximum absolute atomic E-state index is 5.79. The molecule has 2 N–H and O–H groups in total. The molecular weight excluding hydrogens is 451 g/mol. The lowest BCUT2D eigenvalue weighted by atomic mass is 9.94.